The molecule has 0 heterocycles. The molecular formula is C17H23NO4. The SMILES string of the molecule is CC(C)(C)OC(=O)N[C@@]1(c2ccccc2)CCC[C@@H](O)C1=O. The van der Waals surface area contributed by atoms with Crippen LogP contribution < -0.4 is 5.32 Å². The van der Waals surface area contributed by atoms with Gasteiger partial charge in [-0.3, -0.25) is 4.79 Å². The number of nitrogens with one attached hydrogen (secondary N) is 1. The van der Waals surface area contributed by atoms with Crippen molar-refractivity contribution in [1.82, 2.24) is 5.32 Å². The van der Waals surface area contributed by atoms with Gasteiger partial charge in [-0.1, -0.05) is 30.3 Å². The van der Waals surface area contributed by atoms with Gasteiger partial charge in [0.15, 0.2) is 5.78 Å². The Morgan fingerprint density at radius 1 is 1.32 bits per heavy atom. The van der Waals surface area contributed by atoms with Gasteiger partial charge in [0.1, 0.15) is 17.2 Å². The molecule has 1 aromatic rings. The highest BCUT2D eigenvalue weighted by molar-refractivity contribution is 5.96. The third-order valence-corrected chi connectivity index (χ3v) is 3.73. The van der Waals surface area contributed by atoms with Crippen LogP contribution in [0.2, 0.25) is 0 Å². The Kier molecular flexibility index (Phi) is 4.56. The van der Waals surface area contributed by atoms with E-state index in [-0.39, 0.29) is 5.78 Å². The summed E-state index contributed by atoms with van der Waals surface area (Å²) in [4.78, 5) is 24.8. The molecule has 1 aliphatic rings. The van der Waals surface area contributed by atoms with E-state index in [1.54, 1.807) is 32.9 Å². The minimum absolute atomic E-state index is 0.379. The first-order valence-electron chi connectivity index (χ1n) is 7.54. The molecule has 22 heavy (non-hydrogen) atoms. The molecule has 0 bridgehead atoms. The number of hydrogen-bond donors (Lipinski definition) is 2. The van der Waals surface area contributed by atoms with E-state index in [1.807, 2.05) is 18.2 Å². The summed E-state index contributed by atoms with van der Waals surface area (Å²) in [5, 5.41) is 12.7. The zero-order chi connectivity index (χ0) is 16.4. The topological polar surface area (TPSA) is 75.6 Å². The van der Waals surface area contributed by atoms with E-state index in [1.165, 1.54) is 0 Å². The van der Waals surface area contributed by atoms with Gasteiger partial charge in [0, 0.05) is 0 Å². The van der Waals surface area contributed by atoms with E-state index < -0.39 is 23.3 Å². The molecule has 2 N–H and O–H groups in total. The highest BCUT2D eigenvalue weighted by Gasteiger charge is 2.47. The number of aliphatic hydroxyl groups is 1. The largest absolute Gasteiger partial charge is 0.444 e. The zero-order valence-corrected chi connectivity index (χ0v) is 13.3. The fraction of sp³-hybridized carbons (Fsp3) is 0.529. The quantitative estimate of drug-likeness (QED) is 0.880. The summed E-state index contributed by atoms with van der Waals surface area (Å²) in [7, 11) is 0. The molecule has 5 heteroatoms. The molecule has 120 valence electrons. The van der Waals surface area contributed by atoms with Gasteiger partial charge in [-0.25, -0.2) is 4.79 Å². The van der Waals surface area contributed by atoms with Gasteiger partial charge in [0.2, 0.25) is 0 Å². The normalized spacial score (nSPS) is 25.6. The molecule has 1 amide bonds. The van der Waals surface area contributed by atoms with Crippen molar-refractivity contribution < 1.29 is 19.4 Å². The molecule has 0 aliphatic heterocycles. The number of benzene rings is 1. The van der Waals surface area contributed by atoms with E-state index in [2.05, 4.69) is 5.32 Å². The Hall–Kier alpha value is -1.88. The maximum atomic E-state index is 12.6. The molecule has 1 saturated carbocycles. The number of carbonyl (C=O) groups is 2. The Morgan fingerprint density at radius 3 is 2.55 bits per heavy atom. The average Bonchev–Trinajstić information content (AvgIpc) is 2.43. The van der Waals surface area contributed by atoms with Crippen LogP contribution in [0.4, 0.5) is 4.79 Å². The van der Waals surface area contributed by atoms with Crippen molar-refractivity contribution in [2.24, 2.45) is 0 Å². The number of ketones is 1. The van der Waals surface area contributed by atoms with Crippen LogP contribution in [0.1, 0.15) is 45.6 Å². The van der Waals surface area contributed by atoms with Crippen molar-refractivity contribution in [1.29, 1.82) is 0 Å². The van der Waals surface area contributed by atoms with Crippen LogP contribution in [-0.4, -0.2) is 28.7 Å². The lowest BCUT2D eigenvalue weighted by molar-refractivity contribution is -0.138. The van der Waals surface area contributed by atoms with Crippen LogP contribution >= 0.6 is 0 Å². The van der Waals surface area contributed by atoms with Crippen molar-refractivity contribution in [3.8, 4) is 0 Å². The number of ether oxygens (including phenoxy) is 1. The first kappa shape index (κ1) is 16.5. The minimum Gasteiger partial charge on any atom is -0.444 e. The highest BCUT2D eigenvalue weighted by Crippen LogP contribution is 2.35. The van der Waals surface area contributed by atoms with Gasteiger partial charge in [-0.15, -0.1) is 0 Å². The van der Waals surface area contributed by atoms with Gasteiger partial charge >= 0.3 is 6.09 Å². The summed E-state index contributed by atoms with van der Waals surface area (Å²) >= 11 is 0. The number of carbonyl (C=O) groups excluding carboxylic acids is 2. The molecule has 2 atom stereocenters. The van der Waals surface area contributed by atoms with E-state index >= 15 is 0 Å². The first-order chi connectivity index (χ1) is 10.2. The average molecular weight is 305 g/mol. The Labute approximate surface area is 130 Å². The number of aliphatic hydroxyl groups excluding tert-OH is 1. The number of alkyl carbamates (subject to hydrolysis) is 1. The van der Waals surface area contributed by atoms with E-state index in [0.29, 0.717) is 24.8 Å². The molecular weight excluding hydrogens is 282 g/mol. The van der Waals surface area contributed by atoms with E-state index in [4.69, 9.17) is 4.74 Å². The van der Waals surface area contributed by atoms with Crippen molar-refractivity contribution in [2.75, 3.05) is 0 Å². The fourth-order valence-corrected chi connectivity index (χ4v) is 2.78. The smallest absolute Gasteiger partial charge is 0.408 e. The molecule has 0 saturated heterocycles. The summed E-state index contributed by atoms with van der Waals surface area (Å²) < 4.78 is 5.29. The number of rotatable bonds is 2. The van der Waals surface area contributed by atoms with Crippen LogP contribution in [0.15, 0.2) is 30.3 Å². The molecule has 0 aromatic heterocycles. The van der Waals surface area contributed by atoms with Crippen LogP contribution in [0.5, 0.6) is 0 Å². The number of amides is 1. The predicted molar refractivity (Wildman–Crippen MR) is 82.4 cm³/mol. The summed E-state index contributed by atoms with van der Waals surface area (Å²) in [6.45, 7) is 5.29. The van der Waals surface area contributed by atoms with Crippen LogP contribution in [-0.2, 0) is 15.1 Å². The molecule has 1 aliphatic carbocycles. The molecule has 0 spiro atoms. The molecule has 0 radical (unpaired) electrons. The number of Topliss-reactive ketones (excluding diaryl/α,β-unsaturated/α-hetero) is 1. The molecule has 1 aromatic carbocycles. The van der Waals surface area contributed by atoms with Gasteiger partial charge in [-0.05, 0) is 45.6 Å². The van der Waals surface area contributed by atoms with Crippen molar-refractivity contribution in [3.05, 3.63) is 35.9 Å². The lowest BCUT2D eigenvalue weighted by Gasteiger charge is -2.39. The van der Waals surface area contributed by atoms with Crippen molar-refractivity contribution >= 4 is 11.9 Å². The van der Waals surface area contributed by atoms with E-state index in [0.717, 1.165) is 0 Å². The third kappa shape index (κ3) is 3.47. The fourth-order valence-electron chi connectivity index (χ4n) is 2.78. The first-order valence-corrected chi connectivity index (χ1v) is 7.54. The van der Waals surface area contributed by atoms with Gasteiger partial charge in [0.05, 0.1) is 0 Å². The monoisotopic (exact) mass is 305 g/mol. The second kappa shape index (κ2) is 6.08. The van der Waals surface area contributed by atoms with Gasteiger partial charge < -0.3 is 15.2 Å². The van der Waals surface area contributed by atoms with Crippen LogP contribution in [0, 0.1) is 0 Å². The molecule has 5 nitrogen and oxygen atoms in total. The maximum absolute atomic E-state index is 12.6. The van der Waals surface area contributed by atoms with Crippen molar-refractivity contribution in [2.45, 2.75) is 57.3 Å². The maximum Gasteiger partial charge on any atom is 0.408 e. The lowest BCUT2D eigenvalue weighted by Crippen LogP contribution is -2.58. The zero-order valence-electron chi connectivity index (χ0n) is 13.3. The number of hydrogen-bond acceptors (Lipinski definition) is 4. The lowest BCUT2D eigenvalue weighted by atomic mass is 9.74. The summed E-state index contributed by atoms with van der Waals surface area (Å²) in [6.07, 6.45) is -0.199. The Balaban J connectivity index is 2.35. The second-order valence-electron chi connectivity index (χ2n) is 6.67. The minimum atomic E-state index is -1.22. The van der Waals surface area contributed by atoms with Crippen molar-refractivity contribution in [3.63, 3.8) is 0 Å². The predicted octanol–water partition coefficient (Wildman–Crippen LogP) is 2.52. The molecule has 0 unspecified atom stereocenters. The van der Waals surface area contributed by atoms with Crippen LogP contribution in [0.25, 0.3) is 0 Å². The molecule has 1 fully saturated rings. The Morgan fingerprint density at radius 2 is 1.95 bits per heavy atom. The van der Waals surface area contributed by atoms with Gasteiger partial charge in [0.25, 0.3) is 0 Å². The highest BCUT2D eigenvalue weighted by atomic mass is 16.6. The third-order valence-electron chi connectivity index (χ3n) is 3.73. The standard InChI is InChI=1S/C17H23NO4/c1-16(2,3)22-15(21)18-17(12-8-5-4-6-9-12)11-7-10-13(19)14(17)20/h4-6,8-9,13,19H,7,10-11H2,1-3H3,(H,18,21)/t13-,17-/m1/s1. The van der Waals surface area contributed by atoms with E-state index in [9.17, 15) is 14.7 Å². The summed E-state index contributed by atoms with van der Waals surface area (Å²) in [6, 6.07) is 9.03. The summed E-state index contributed by atoms with van der Waals surface area (Å²) in [5.74, 6) is -0.379. The Bertz CT molecular complexity index is 550. The van der Waals surface area contributed by atoms with Crippen LogP contribution in [0.3, 0.4) is 0 Å². The second-order valence-corrected chi connectivity index (χ2v) is 6.67. The van der Waals surface area contributed by atoms with Gasteiger partial charge in [-0.2, -0.15) is 0 Å². The summed E-state index contributed by atoms with van der Waals surface area (Å²) in [5.41, 5.74) is -1.20. The molecule has 2 rings (SSSR count).